The maximum absolute atomic E-state index is 10.8. The van der Waals surface area contributed by atoms with E-state index in [1.54, 1.807) is 6.92 Å². The van der Waals surface area contributed by atoms with Crippen molar-refractivity contribution in [2.45, 2.75) is 38.4 Å². The highest BCUT2D eigenvalue weighted by Gasteiger charge is 2.54. The normalized spacial score (nSPS) is 48.1. The molecule has 0 amide bonds. The molecule has 2 aliphatic heterocycles. The molecule has 2 aliphatic rings. The SMILES string of the molecule is CC1(C(=O)O)CC2CCC1O2. The Balaban J connectivity index is 2.23. The van der Waals surface area contributed by atoms with Gasteiger partial charge < -0.3 is 9.84 Å². The first-order valence-electron chi connectivity index (χ1n) is 4.02. The molecule has 0 aromatic carbocycles. The number of hydrogen-bond acceptors (Lipinski definition) is 2. The number of carbonyl (C=O) groups is 1. The topological polar surface area (TPSA) is 46.5 Å². The van der Waals surface area contributed by atoms with Gasteiger partial charge in [-0.1, -0.05) is 0 Å². The van der Waals surface area contributed by atoms with Crippen molar-refractivity contribution in [2.75, 3.05) is 0 Å². The van der Waals surface area contributed by atoms with Crippen molar-refractivity contribution < 1.29 is 14.6 Å². The molecule has 2 fully saturated rings. The largest absolute Gasteiger partial charge is 0.481 e. The van der Waals surface area contributed by atoms with Gasteiger partial charge in [0.2, 0.25) is 0 Å². The Hall–Kier alpha value is -0.570. The molecule has 3 heteroatoms. The van der Waals surface area contributed by atoms with Gasteiger partial charge in [0.05, 0.1) is 17.6 Å². The summed E-state index contributed by atoms with van der Waals surface area (Å²) in [6, 6.07) is 0. The first-order valence-corrected chi connectivity index (χ1v) is 4.02. The molecule has 3 atom stereocenters. The van der Waals surface area contributed by atoms with E-state index < -0.39 is 11.4 Å². The Morgan fingerprint density at radius 1 is 1.64 bits per heavy atom. The highest BCUT2D eigenvalue weighted by molar-refractivity contribution is 5.75. The van der Waals surface area contributed by atoms with Crippen molar-refractivity contribution in [3.63, 3.8) is 0 Å². The molecule has 2 rings (SSSR count). The van der Waals surface area contributed by atoms with Gasteiger partial charge in [0.25, 0.3) is 0 Å². The van der Waals surface area contributed by atoms with E-state index in [-0.39, 0.29) is 12.2 Å². The third kappa shape index (κ3) is 0.805. The summed E-state index contributed by atoms with van der Waals surface area (Å²) in [5.41, 5.74) is -0.594. The molecule has 3 unspecified atom stereocenters. The summed E-state index contributed by atoms with van der Waals surface area (Å²) >= 11 is 0. The predicted octanol–water partition coefficient (Wildman–Crippen LogP) is 1.03. The Kier molecular flexibility index (Phi) is 1.27. The third-order valence-corrected chi connectivity index (χ3v) is 2.96. The first-order chi connectivity index (χ1) is 5.13. The molecule has 0 aromatic rings. The van der Waals surface area contributed by atoms with Crippen molar-refractivity contribution in [1.82, 2.24) is 0 Å². The third-order valence-electron chi connectivity index (χ3n) is 2.96. The first kappa shape index (κ1) is 7.10. The maximum Gasteiger partial charge on any atom is 0.312 e. The van der Waals surface area contributed by atoms with Crippen LogP contribution in [0.4, 0.5) is 0 Å². The zero-order valence-corrected chi connectivity index (χ0v) is 6.54. The number of rotatable bonds is 1. The van der Waals surface area contributed by atoms with Gasteiger partial charge in [-0.15, -0.1) is 0 Å². The molecule has 0 aliphatic carbocycles. The Bertz CT molecular complexity index is 202. The number of carboxylic acid groups (broad SMARTS) is 1. The van der Waals surface area contributed by atoms with Crippen LogP contribution >= 0.6 is 0 Å². The standard InChI is InChI=1S/C8H12O3/c1-8(7(9)10)4-5-2-3-6(8)11-5/h5-6H,2-4H2,1H3,(H,9,10). The summed E-state index contributed by atoms with van der Waals surface area (Å²) in [5, 5.41) is 8.91. The van der Waals surface area contributed by atoms with E-state index in [2.05, 4.69) is 0 Å². The van der Waals surface area contributed by atoms with Crippen LogP contribution in [0, 0.1) is 5.41 Å². The highest BCUT2D eigenvalue weighted by Crippen LogP contribution is 2.47. The van der Waals surface area contributed by atoms with Crippen LogP contribution in [0.25, 0.3) is 0 Å². The molecule has 2 saturated heterocycles. The van der Waals surface area contributed by atoms with Crippen molar-refractivity contribution in [3.05, 3.63) is 0 Å². The monoisotopic (exact) mass is 156 g/mol. The highest BCUT2D eigenvalue weighted by atomic mass is 16.5. The van der Waals surface area contributed by atoms with Crippen LogP contribution in [0.3, 0.4) is 0 Å². The van der Waals surface area contributed by atoms with E-state index in [9.17, 15) is 4.79 Å². The summed E-state index contributed by atoms with van der Waals surface area (Å²) in [5.74, 6) is -0.704. The Labute approximate surface area is 65.4 Å². The van der Waals surface area contributed by atoms with E-state index in [4.69, 9.17) is 9.84 Å². The summed E-state index contributed by atoms with van der Waals surface area (Å²) < 4.78 is 5.47. The van der Waals surface area contributed by atoms with Gasteiger partial charge in [0.15, 0.2) is 0 Å². The number of fused-ring (bicyclic) bond motifs is 2. The smallest absolute Gasteiger partial charge is 0.312 e. The van der Waals surface area contributed by atoms with Gasteiger partial charge in [0.1, 0.15) is 0 Å². The number of hydrogen-bond donors (Lipinski definition) is 1. The van der Waals surface area contributed by atoms with Crippen molar-refractivity contribution in [3.8, 4) is 0 Å². The minimum atomic E-state index is -0.704. The summed E-state index contributed by atoms with van der Waals surface area (Å²) in [6.45, 7) is 1.79. The zero-order chi connectivity index (χ0) is 8.06. The second-order valence-electron chi connectivity index (χ2n) is 3.75. The van der Waals surface area contributed by atoms with Crippen LogP contribution in [-0.2, 0) is 9.53 Å². The summed E-state index contributed by atoms with van der Waals surface area (Å²) in [4.78, 5) is 10.8. The van der Waals surface area contributed by atoms with E-state index in [1.807, 2.05) is 0 Å². The van der Waals surface area contributed by atoms with E-state index >= 15 is 0 Å². The van der Waals surface area contributed by atoms with Gasteiger partial charge in [-0.3, -0.25) is 4.79 Å². The van der Waals surface area contributed by atoms with E-state index in [0.29, 0.717) is 6.42 Å². The molecule has 2 heterocycles. The van der Waals surface area contributed by atoms with Crippen LogP contribution in [0.2, 0.25) is 0 Å². The van der Waals surface area contributed by atoms with Crippen LogP contribution in [0.15, 0.2) is 0 Å². The van der Waals surface area contributed by atoms with Gasteiger partial charge >= 0.3 is 5.97 Å². The second kappa shape index (κ2) is 1.97. The molecule has 1 N–H and O–H groups in total. The summed E-state index contributed by atoms with van der Waals surface area (Å²) in [6.07, 6.45) is 2.87. The van der Waals surface area contributed by atoms with Gasteiger partial charge in [-0.05, 0) is 26.2 Å². The van der Waals surface area contributed by atoms with Crippen molar-refractivity contribution >= 4 is 5.97 Å². The quantitative estimate of drug-likeness (QED) is 0.616. The number of carboxylic acids is 1. The molecule has 2 bridgehead atoms. The van der Waals surface area contributed by atoms with E-state index in [1.165, 1.54) is 0 Å². The fraction of sp³-hybridized carbons (Fsp3) is 0.875. The summed E-state index contributed by atoms with van der Waals surface area (Å²) in [7, 11) is 0. The van der Waals surface area contributed by atoms with Gasteiger partial charge in [-0.25, -0.2) is 0 Å². The van der Waals surface area contributed by atoms with Gasteiger partial charge in [-0.2, -0.15) is 0 Å². The van der Waals surface area contributed by atoms with Crippen molar-refractivity contribution in [2.24, 2.45) is 5.41 Å². The molecule has 0 saturated carbocycles. The number of aliphatic carboxylic acids is 1. The van der Waals surface area contributed by atoms with Crippen molar-refractivity contribution in [1.29, 1.82) is 0 Å². The molecule has 0 spiro atoms. The molecule has 0 aromatic heterocycles. The number of ether oxygens (including phenoxy) is 1. The lowest BCUT2D eigenvalue weighted by Crippen LogP contribution is -2.37. The lowest BCUT2D eigenvalue weighted by molar-refractivity contribution is -0.150. The Morgan fingerprint density at radius 2 is 2.36 bits per heavy atom. The predicted molar refractivity (Wildman–Crippen MR) is 38.3 cm³/mol. The molecule has 11 heavy (non-hydrogen) atoms. The minimum Gasteiger partial charge on any atom is -0.481 e. The fourth-order valence-corrected chi connectivity index (χ4v) is 2.15. The van der Waals surface area contributed by atoms with Crippen LogP contribution < -0.4 is 0 Å². The van der Waals surface area contributed by atoms with Crippen LogP contribution in [-0.4, -0.2) is 23.3 Å². The van der Waals surface area contributed by atoms with E-state index in [0.717, 1.165) is 12.8 Å². The maximum atomic E-state index is 10.8. The van der Waals surface area contributed by atoms with Gasteiger partial charge in [0, 0.05) is 0 Å². The zero-order valence-electron chi connectivity index (χ0n) is 6.54. The van der Waals surface area contributed by atoms with Crippen LogP contribution in [0.1, 0.15) is 26.2 Å². The average Bonchev–Trinajstić information content (AvgIpc) is 2.45. The average molecular weight is 156 g/mol. The lowest BCUT2D eigenvalue weighted by Gasteiger charge is -2.25. The Morgan fingerprint density at radius 3 is 2.64 bits per heavy atom. The second-order valence-corrected chi connectivity index (χ2v) is 3.75. The van der Waals surface area contributed by atoms with Crippen LogP contribution in [0.5, 0.6) is 0 Å². The minimum absolute atomic E-state index is 0.0231. The molecule has 62 valence electrons. The molecule has 0 radical (unpaired) electrons. The fourth-order valence-electron chi connectivity index (χ4n) is 2.15. The molecular weight excluding hydrogens is 144 g/mol. The molecular formula is C8H12O3. The molecule has 3 nitrogen and oxygen atoms in total. The lowest BCUT2D eigenvalue weighted by atomic mass is 9.76.